The number of ether oxygens (including phenoxy) is 4. The molecule has 8 N–H and O–H groups in total. The van der Waals surface area contributed by atoms with Gasteiger partial charge < -0.3 is 61.5 Å². The Hall–Kier alpha value is -9.96. The maximum Gasteiger partial charge on any atom is 0.323 e. The Bertz CT molecular complexity index is 3870. The summed E-state index contributed by atoms with van der Waals surface area (Å²) in [5.41, 5.74) is 19.5. The maximum atomic E-state index is 15.3. The van der Waals surface area contributed by atoms with Crippen molar-refractivity contribution >= 4 is 69.6 Å². The molecule has 0 spiro atoms. The average molecular weight is 1580 g/mol. The largest absolute Gasteiger partial charge is 0.493 e. The standard InChI is InChI=1S/C100H136N8O8/c1-21-25-29-45-113-93-69-49-71-55-78(102-98(110)106-90-83(63(9)10)39-34-40-84(90)64(11)12)57-73(94(71)114-46-30-26-22-2)51-75-59-80(104-100(112)108-92-87(67(17)18)43-36-44-88(92)68(19)20)60-76(96(75)116-48-32-28-24-4)52-74-58-79(103-99(111)107-91-85(65(13)14)41-35-42-86(91)66(15)16)56-72(95(74)115-47-31-27-23-3)50-70(93)54-77(53-69)101-97(109)105-89-81(61(5)6)37-33-38-82(89)62(7)8/h33-44,53-68H,21-32,45-52H2,1-20H3,(H2,101,105,109)(H2,102,106,110)(H2,103,107,111)(H2,104,108,112). The molecule has 16 heteroatoms. The van der Waals surface area contributed by atoms with Gasteiger partial charge in [-0.05, 0) is 166 Å². The van der Waals surface area contributed by atoms with Crippen molar-refractivity contribution in [3.05, 3.63) is 210 Å². The van der Waals surface area contributed by atoms with Crippen molar-refractivity contribution in [3.8, 4) is 23.0 Å². The summed E-state index contributed by atoms with van der Waals surface area (Å²) in [6.07, 6.45) is 11.5. The third kappa shape index (κ3) is 24.1. The van der Waals surface area contributed by atoms with Crippen molar-refractivity contribution < 1.29 is 38.1 Å². The summed E-state index contributed by atoms with van der Waals surface area (Å²) in [6.45, 7) is 44.6. The van der Waals surface area contributed by atoms with E-state index in [0.29, 0.717) is 72.2 Å². The summed E-state index contributed by atoms with van der Waals surface area (Å²) in [5.74, 6) is 3.43. The zero-order valence-corrected chi connectivity index (χ0v) is 73.6. The fraction of sp³-hybridized carbons (Fsp3) is 0.480. The highest BCUT2D eigenvalue weighted by Gasteiger charge is 2.29. The number of amides is 8. The van der Waals surface area contributed by atoms with E-state index in [1.54, 1.807) is 0 Å². The van der Waals surface area contributed by atoms with E-state index in [0.717, 1.165) is 189 Å². The highest BCUT2D eigenvalue weighted by Crippen LogP contribution is 2.46. The average Bonchev–Trinajstić information content (AvgIpc) is 0.766. The Labute approximate surface area is 694 Å². The number of carbonyl (C=O) groups excluding carboxylic acids is 4. The van der Waals surface area contributed by atoms with Crippen molar-refractivity contribution in [2.75, 3.05) is 69.0 Å². The van der Waals surface area contributed by atoms with Gasteiger partial charge in [0.15, 0.2) is 0 Å². The van der Waals surface area contributed by atoms with Crippen molar-refractivity contribution in [1.29, 1.82) is 0 Å². The molecule has 0 atom stereocenters. The lowest BCUT2D eigenvalue weighted by Gasteiger charge is -2.26. The number of para-hydroxylation sites is 4. The number of hydrogen-bond acceptors (Lipinski definition) is 8. The second-order valence-corrected chi connectivity index (χ2v) is 34.2. The van der Waals surface area contributed by atoms with Gasteiger partial charge in [-0.1, -0.05) is 263 Å². The van der Waals surface area contributed by atoms with Gasteiger partial charge >= 0.3 is 24.1 Å². The van der Waals surface area contributed by atoms with Crippen LogP contribution in [-0.2, 0) is 25.7 Å². The summed E-state index contributed by atoms with van der Waals surface area (Å²) in [4.78, 5) is 61.1. The molecule has 8 bridgehead atoms. The Morgan fingerprint density at radius 3 is 0.543 bits per heavy atom. The number of hydrogen-bond donors (Lipinski definition) is 8. The van der Waals surface area contributed by atoms with E-state index in [9.17, 15) is 0 Å². The molecule has 9 rings (SSSR count). The molecule has 0 heterocycles. The minimum atomic E-state index is -0.408. The Morgan fingerprint density at radius 2 is 0.405 bits per heavy atom. The lowest BCUT2D eigenvalue weighted by molar-refractivity contribution is 0.261. The SMILES string of the molecule is CCCCCOc1c2cc(NC(=O)Nc3c(C(C)C)cccc3C(C)C)cc1Cc1cc(NC(=O)Nc3c(C(C)C)cccc3C(C)C)cc(c1OCCCCC)Cc1cc(NC(=O)Nc3c(C(C)C)cccc3C(C)C)cc(c1OCCCCC)Cc1cc(NC(=O)Nc3c(C(C)C)cccc3C(C)C)cc(c1OCCCCC)C2. The maximum absolute atomic E-state index is 15.3. The van der Waals surface area contributed by atoms with E-state index < -0.39 is 24.1 Å². The molecule has 1 aliphatic carbocycles. The fourth-order valence-electron chi connectivity index (χ4n) is 15.9. The second kappa shape index (κ2) is 43.3. The van der Waals surface area contributed by atoms with Crippen molar-refractivity contribution in [2.24, 2.45) is 0 Å². The van der Waals surface area contributed by atoms with E-state index in [4.69, 9.17) is 18.9 Å². The molecule has 0 saturated heterocycles. The molecule has 0 saturated carbocycles. The first-order chi connectivity index (χ1) is 55.6. The van der Waals surface area contributed by atoms with Gasteiger partial charge in [0, 0.05) is 116 Å². The third-order valence-electron chi connectivity index (χ3n) is 21.9. The number of fused-ring (bicyclic) bond motifs is 8. The summed E-state index contributed by atoms with van der Waals surface area (Å²) < 4.78 is 29.4. The molecule has 0 radical (unpaired) electrons. The number of benzene rings is 8. The first kappa shape index (κ1) is 90.0. The topological polar surface area (TPSA) is 201 Å². The Morgan fingerprint density at radius 1 is 0.250 bits per heavy atom. The van der Waals surface area contributed by atoms with E-state index in [1.165, 1.54) is 0 Å². The van der Waals surface area contributed by atoms with E-state index >= 15 is 19.2 Å². The van der Waals surface area contributed by atoms with Crippen molar-refractivity contribution in [1.82, 2.24) is 0 Å². The quantitative estimate of drug-likeness (QED) is 0.0177. The van der Waals surface area contributed by atoms with Crippen LogP contribution in [0.4, 0.5) is 64.7 Å². The first-order valence-corrected chi connectivity index (χ1v) is 43.6. The zero-order chi connectivity index (χ0) is 83.9. The third-order valence-corrected chi connectivity index (χ3v) is 21.9. The number of carbonyl (C=O) groups is 4. The number of nitrogens with one attached hydrogen (secondary N) is 8. The minimum absolute atomic E-state index is 0.113. The summed E-state index contributed by atoms with van der Waals surface area (Å²) >= 11 is 0. The highest BCUT2D eigenvalue weighted by molar-refractivity contribution is 6.04. The second-order valence-electron chi connectivity index (χ2n) is 34.2. The molecule has 16 nitrogen and oxygen atoms in total. The summed E-state index contributed by atoms with van der Waals surface area (Å²) in [5, 5.41) is 26.9. The monoisotopic (exact) mass is 1580 g/mol. The first-order valence-electron chi connectivity index (χ1n) is 43.6. The van der Waals surface area contributed by atoms with Crippen molar-refractivity contribution in [3.63, 3.8) is 0 Å². The molecule has 624 valence electrons. The minimum Gasteiger partial charge on any atom is -0.493 e. The predicted octanol–water partition coefficient (Wildman–Crippen LogP) is 28.2. The van der Waals surface area contributed by atoms with Gasteiger partial charge in [-0.3, -0.25) is 0 Å². The molecule has 1 aliphatic rings. The molecule has 0 fully saturated rings. The van der Waals surface area contributed by atoms with Crippen LogP contribution >= 0.6 is 0 Å². The van der Waals surface area contributed by atoms with Crippen LogP contribution in [0, 0.1) is 0 Å². The molecular weight excluding hydrogens is 1440 g/mol. The van der Waals surface area contributed by atoms with E-state index in [1.807, 2.05) is 48.5 Å². The molecule has 116 heavy (non-hydrogen) atoms. The smallest absolute Gasteiger partial charge is 0.323 e. The van der Waals surface area contributed by atoms with Crippen LogP contribution in [0.15, 0.2) is 121 Å². The van der Waals surface area contributed by atoms with E-state index in [-0.39, 0.29) is 73.0 Å². The van der Waals surface area contributed by atoms with Gasteiger partial charge in [0.1, 0.15) is 23.0 Å². The van der Waals surface area contributed by atoms with Crippen LogP contribution in [-0.4, -0.2) is 50.6 Å². The Kier molecular flexibility index (Phi) is 33.6. The van der Waals surface area contributed by atoms with Gasteiger partial charge in [-0.2, -0.15) is 0 Å². The van der Waals surface area contributed by atoms with Crippen LogP contribution in [0.3, 0.4) is 0 Å². The molecule has 8 amide bonds. The normalized spacial score (nSPS) is 12.1. The van der Waals surface area contributed by atoms with Crippen LogP contribution < -0.4 is 61.5 Å². The fourth-order valence-corrected chi connectivity index (χ4v) is 15.9. The molecule has 8 aromatic rings. The van der Waals surface area contributed by atoms with Crippen LogP contribution in [0.5, 0.6) is 23.0 Å². The van der Waals surface area contributed by atoms with E-state index in [2.05, 4.69) is 254 Å². The number of rotatable bonds is 36. The molecule has 0 aromatic heterocycles. The molecule has 0 aliphatic heterocycles. The van der Waals surface area contributed by atoms with Crippen LogP contribution in [0.2, 0.25) is 0 Å². The summed E-state index contributed by atoms with van der Waals surface area (Å²) in [7, 11) is 0. The van der Waals surface area contributed by atoms with Crippen LogP contribution in [0.25, 0.3) is 0 Å². The molecular formula is C100H136N8O8. The molecule has 8 aromatic carbocycles. The van der Waals surface area contributed by atoms with Gasteiger partial charge in [0.2, 0.25) is 0 Å². The van der Waals surface area contributed by atoms with Gasteiger partial charge in [0.05, 0.1) is 26.4 Å². The number of anilines is 8. The lowest BCUT2D eigenvalue weighted by Crippen LogP contribution is -2.23. The lowest BCUT2D eigenvalue weighted by atomic mass is 9.90. The predicted molar refractivity (Wildman–Crippen MR) is 486 cm³/mol. The number of unbranched alkanes of at least 4 members (excludes halogenated alkanes) is 8. The highest BCUT2D eigenvalue weighted by atomic mass is 16.5. The number of urea groups is 4. The van der Waals surface area contributed by atoms with Crippen LogP contribution in [0.1, 0.15) is 352 Å². The van der Waals surface area contributed by atoms with Crippen molar-refractivity contribution in [2.45, 2.75) is 289 Å². The van der Waals surface area contributed by atoms with Gasteiger partial charge in [0.25, 0.3) is 0 Å². The van der Waals surface area contributed by atoms with Gasteiger partial charge in [-0.15, -0.1) is 0 Å². The molecule has 0 unspecified atom stereocenters. The zero-order valence-electron chi connectivity index (χ0n) is 73.6. The van der Waals surface area contributed by atoms with Gasteiger partial charge in [-0.25, -0.2) is 19.2 Å². The summed E-state index contributed by atoms with van der Waals surface area (Å²) in [6, 6.07) is 39.5. The Balaban J connectivity index is 1.39.